The van der Waals surface area contributed by atoms with Crippen LogP contribution >= 0.6 is 11.8 Å². The van der Waals surface area contributed by atoms with Crippen LogP contribution in [0.15, 0.2) is 42.1 Å². The minimum absolute atomic E-state index is 0.0658. The summed E-state index contributed by atoms with van der Waals surface area (Å²) < 4.78 is 7.21. The molecule has 1 saturated carbocycles. The summed E-state index contributed by atoms with van der Waals surface area (Å²) in [4.78, 5) is 12.6. The van der Waals surface area contributed by atoms with Gasteiger partial charge in [-0.05, 0) is 44.0 Å². The highest BCUT2D eigenvalue weighted by molar-refractivity contribution is 8.00. The van der Waals surface area contributed by atoms with Gasteiger partial charge in [0.1, 0.15) is 5.75 Å². The van der Waals surface area contributed by atoms with Crippen molar-refractivity contribution >= 4 is 17.7 Å². The number of ether oxygens (including phenoxy) is 1. The average Bonchev–Trinajstić information content (AvgIpc) is 3.11. The van der Waals surface area contributed by atoms with E-state index in [1.165, 1.54) is 31.0 Å². The van der Waals surface area contributed by atoms with Gasteiger partial charge in [-0.25, -0.2) is 0 Å². The fraction of sp³-hybridized carbons (Fsp3) is 0.476. The van der Waals surface area contributed by atoms with Gasteiger partial charge in [-0.15, -0.1) is 16.8 Å². The van der Waals surface area contributed by atoms with Gasteiger partial charge in [-0.3, -0.25) is 9.36 Å². The van der Waals surface area contributed by atoms with Crippen molar-refractivity contribution in [3.8, 4) is 17.1 Å². The molecule has 1 N–H and O–H groups in total. The number of hydrogen-bond donors (Lipinski definition) is 1. The fourth-order valence-corrected chi connectivity index (χ4v) is 4.27. The van der Waals surface area contributed by atoms with Gasteiger partial charge in [-0.2, -0.15) is 0 Å². The van der Waals surface area contributed by atoms with E-state index in [1.807, 2.05) is 41.8 Å². The third kappa shape index (κ3) is 4.95. The first-order chi connectivity index (χ1) is 13.6. The molecule has 6 nitrogen and oxygen atoms in total. The molecule has 1 fully saturated rings. The maximum absolute atomic E-state index is 12.6. The summed E-state index contributed by atoms with van der Waals surface area (Å²) in [5.74, 6) is 1.61. The minimum Gasteiger partial charge on any atom is -0.497 e. The first kappa shape index (κ1) is 20.5. The van der Waals surface area contributed by atoms with Crippen LogP contribution in [-0.4, -0.2) is 39.1 Å². The van der Waals surface area contributed by atoms with Crippen molar-refractivity contribution in [2.75, 3.05) is 7.11 Å². The average molecular weight is 401 g/mol. The van der Waals surface area contributed by atoms with Gasteiger partial charge in [-0.1, -0.05) is 37.1 Å². The lowest BCUT2D eigenvalue weighted by molar-refractivity contribution is -0.121. The molecule has 1 aromatic carbocycles. The first-order valence-corrected chi connectivity index (χ1v) is 10.7. The summed E-state index contributed by atoms with van der Waals surface area (Å²) in [5, 5.41) is 12.4. The fourth-order valence-electron chi connectivity index (χ4n) is 3.40. The number of nitrogens with zero attached hydrogens (tertiary/aromatic N) is 3. The van der Waals surface area contributed by atoms with E-state index in [9.17, 15) is 4.79 Å². The van der Waals surface area contributed by atoms with Crippen molar-refractivity contribution in [2.45, 2.75) is 62.0 Å². The van der Waals surface area contributed by atoms with Crippen LogP contribution in [0.1, 0.15) is 39.0 Å². The highest BCUT2D eigenvalue weighted by atomic mass is 32.2. The smallest absolute Gasteiger partial charge is 0.233 e. The molecular formula is C21H28N4O2S. The molecule has 1 amide bonds. The van der Waals surface area contributed by atoms with Crippen LogP contribution in [0.2, 0.25) is 0 Å². The van der Waals surface area contributed by atoms with E-state index in [4.69, 9.17) is 4.74 Å². The van der Waals surface area contributed by atoms with E-state index in [0.29, 0.717) is 12.6 Å². The SMILES string of the molecule is C=CCn1c(S[C@@H](C)C(=O)NC2CCCCC2)nnc1-c1ccc(OC)cc1. The Bertz CT molecular complexity index is 797. The Morgan fingerprint density at radius 1 is 1.32 bits per heavy atom. The standard InChI is InChI=1S/C21H28N4O2S/c1-4-14-25-19(16-10-12-18(27-3)13-11-16)23-24-21(25)28-15(2)20(26)22-17-8-6-5-7-9-17/h4,10-13,15,17H,1,5-9,14H2,2-3H3,(H,22,26)/t15-/m0/s1. The highest BCUT2D eigenvalue weighted by Gasteiger charge is 2.23. The van der Waals surface area contributed by atoms with Crippen LogP contribution in [0.5, 0.6) is 5.75 Å². The number of methoxy groups -OCH3 is 1. The molecule has 1 aliphatic carbocycles. The second-order valence-corrected chi connectivity index (χ2v) is 8.35. The zero-order valence-corrected chi connectivity index (χ0v) is 17.4. The predicted molar refractivity (Wildman–Crippen MR) is 113 cm³/mol. The summed E-state index contributed by atoms with van der Waals surface area (Å²) in [6, 6.07) is 8.02. The zero-order valence-electron chi connectivity index (χ0n) is 16.6. The maximum atomic E-state index is 12.6. The summed E-state index contributed by atoms with van der Waals surface area (Å²) >= 11 is 1.43. The molecule has 0 spiro atoms. The number of amides is 1. The molecular weight excluding hydrogens is 372 g/mol. The van der Waals surface area contributed by atoms with Crippen LogP contribution in [-0.2, 0) is 11.3 Å². The highest BCUT2D eigenvalue weighted by Crippen LogP contribution is 2.28. The molecule has 150 valence electrons. The van der Waals surface area contributed by atoms with Crippen molar-refractivity contribution in [1.29, 1.82) is 0 Å². The largest absolute Gasteiger partial charge is 0.497 e. The Hall–Kier alpha value is -2.28. The predicted octanol–water partition coefficient (Wildman–Crippen LogP) is 4.07. The second-order valence-electron chi connectivity index (χ2n) is 7.04. The Morgan fingerprint density at radius 2 is 2.04 bits per heavy atom. The lowest BCUT2D eigenvalue weighted by Crippen LogP contribution is -2.40. The Labute approximate surface area is 170 Å². The summed E-state index contributed by atoms with van der Waals surface area (Å²) in [5.41, 5.74) is 0.946. The van der Waals surface area contributed by atoms with Crippen molar-refractivity contribution in [3.63, 3.8) is 0 Å². The van der Waals surface area contributed by atoms with Gasteiger partial charge in [0, 0.05) is 18.2 Å². The molecule has 1 atom stereocenters. The molecule has 1 aromatic heterocycles. The molecule has 2 aromatic rings. The van der Waals surface area contributed by atoms with Crippen molar-refractivity contribution < 1.29 is 9.53 Å². The van der Waals surface area contributed by atoms with Gasteiger partial charge < -0.3 is 10.1 Å². The number of aromatic nitrogens is 3. The monoisotopic (exact) mass is 400 g/mol. The molecule has 0 aliphatic heterocycles. The third-order valence-corrected chi connectivity index (χ3v) is 6.06. The normalized spacial score (nSPS) is 15.8. The van der Waals surface area contributed by atoms with Crippen molar-refractivity contribution in [2.24, 2.45) is 0 Å². The third-order valence-electron chi connectivity index (χ3n) is 4.98. The van der Waals surface area contributed by atoms with E-state index in [0.717, 1.165) is 35.1 Å². The number of hydrogen-bond acceptors (Lipinski definition) is 5. The Kier molecular flexibility index (Phi) is 7.14. The number of thioether (sulfide) groups is 1. The van der Waals surface area contributed by atoms with Gasteiger partial charge >= 0.3 is 0 Å². The lowest BCUT2D eigenvalue weighted by atomic mass is 9.95. The van der Waals surface area contributed by atoms with Gasteiger partial charge in [0.05, 0.1) is 12.4 Å². The van der Waals surface area contributed by atoms with Gasteiger partial charge in [0.25, 0.3) is 0 Å². The molecule has 1 heterocycles. The molecule has 3 rings (SSSR count). The molecule has 0 saturated heterocycles. The molecule has 28 heavy (non-hydrogen) atoms. The van der Waals surface area contributed by atoms with Crippen LogP contribution in [0, 0.1) is 0 Å². The second kappa shape index (κ2) is 9.78. The Balaban J connectivity index is 1.72. The minimum atomic E-state index is -0.238. The molecule has 0 unspecified atom stereocenters. The molecule has 1 aliphatic rings. The van der Waals surface area contributed by atoms with Crippen LogP contribution in [0.25, 0.3) is 11.4 Å². The van der Waals surface area contributed by atoms with Crippen molar-refractivity contribution in [3.05, 3.63) is 36.9 Å². The van der Waals surface area contributed by atoms with E-state index >= 15 is 0 Å². The topological polar surface area (TPSA) is 69.0 Å². The zero-order chi connectivity index (χ0) is 19.9. The van der Waals surface area contributed by atoms with Crippen LogP contribution < -0.4 is 10.1 Å². The number of nitrogens with one attached hydrogen (secondary N) is 1. The lowest BCUT2D eigenvalue weighted by Gasteiger charge is -2.24. The summed E-state index contributed by atoms with van der Waals surface area (Å²) in [6.07, 6.45) is 7.65. The number of benzene rings is 1. The molecule has 0 bridgehead atoms. The molecule has 0 radical (unpaired) electrons. The van der Waals surface area contributed by atoms with Crippen LogP contribution in [0.3, 0.4) is 0 Å². The van der Waals surface area contributed by atoms with E-state index in [1.54, 1.807) is 7.11 Å². The number of allylic oxidation sites excluding steroid dienone is 1. The summed E-state index contributed by atoms with van der Waals surface area (Å²) in [6.45, 7) is 6.34. The molecule has 7 heteroatoms. The number of rotatable bonds is 8. The van der Waals surface area contributed by atoms with E-state index < -0.39 is 0 Å². The van der Waals surface area contributed by atoms with Crippen LogP contribution in [0.4, 0.5) is 0 Å². The Morgan fingerprint density at radius 3 is 2.68 bits per heavy atom. The number of carbonyl (C=O) groups excluding carboxylic acids is 1. The van der Waals surface area contributed by atoms with E-state index in [2.05, 4.69) is 22.1 Å². The van der Waals surface area contributed by atoms with Crippen molar-refractivity contribution in [1.82, 2.24) is 20.1 Å². The van der Waals surface area contributed by atoms with Gasteiger partial charge in [0.2, 0.25) is 5.91 Å². The first-order valence-electron chi connectivity index (χ1n) is 9.78. The summed E-state index contributed by atoms with van der Waals surface area (Å²) in [7, 11) is 1.64. The van der Waals surface area contributed by atoms with Gasteiger partial charge in [0.15, 0.2) is 11.0 Å². The maximum Gasteiger partial charge on any atom is 0.233 e. The quantitative estimate of drug-likeness (QED) is 0.534. The number of carbonyl (C=O) groups is 1. The van der Waals surface area contributed by atoms with E-state index in [-0.39, 0.29) is 11.2 Å².